The summed E-state index contributed by atoms with van der Waals surface area (Å²) in [4.78, 5) is 7.31. The minimum atomic E-state index is 0.0247. The molecule has 0 saturated heterocycles. The van der Waals surface area contributed by atoms with Crippen LogP contribution in [0.2, 0.25) is 0 Å². The number of aryl methyl sites for hydroxylation is 1. The molecule has 0 saturated carbocycles. The van der Waals surface area contributed by atoms with Gasteiger partial charge >= 0.3 is 0 Å². The summed E-state index contributed by atoms with van der Waals surface area (Å²) in [7, 11) is 0. The zero-order chi connectivity index (χ0) is 13.7. The molecule has 1 heterocycles. The van der Waals surface area contributed by atoms with Crippen LogP contribution in [0.3, 0.4) is 0 Å². The zero-order valence-corrected chi connectivity index (χ0v) is 12.3. The number of hydrogen-bond acceptors (Lipinski definition) is 3. The molecule has 0 radical (unpaired) electrons. The molecule has 3 N–H and O–H groups in total. The molecule has 0 aliphatic carbocycles. The first-order valence-electron chi connectivity index (χ1n) is 5.94. The molecule has 100 valence electrons. The quantitative estimate of drug-likeness (QED) is 0.517. The van der Waals surface area contributed by atoms with Gasteiger partial charge in [-0.3, -0.25) is 0 Å². The van der Waals surface area contributed by atoms with Gasteiger partial charge in [-0.15, -0.1) is 0 Å². The van der Waals surface area contributed by atoms with E-state index in [1.165, 1.54) is 0 Å². The molecular formula is C13H16N4S2. The number of aromatic amines is 1. The Morgan fingerprint density at radius 2 is 2.16 bits per heavy atom. The molecule has 2 aromatic rings. The minimum absolute atomic E-state index is 0.0247. The van der Waals surface area contributed by atoms with Crippen molar-refractivity contribution in [1.82, 2.24) is 15.3 Å². The number of thiocarbonyl (C=S) groups is 1. The third-order valence-corrected chi connectivity index (χ3v) is 3.28. The van der Waals surface area contributed by atoms with Crippen molar-refractivity contribution in [3.63, 3.8) is 0 Å². The first-order chi connectivity index (χ1) is 9.15. The van der Waals surface area contributed by atoms with Gasteiger partial charge in [0.25, 0.3) is 0 Å². The Balaban J connectivity index is 1.80. The summed E-state index contributed by atoms with van der Waals surface area (Å²) < 4.78 is 0. The molecule has 2 rings (SSSR count). The lowest BCUT2D eigenvalue weighted by molar-refractivity contribution is 0.837. The van der Waals surface area contributed by atoms with Gasteiger partial charge in [0.15, 0.2) is 5.11 Å². The van der Waals surface area contributed by atoms with Crippen LogP contribution in [-0.2, 0) is 0 Å². The Hall–Kier alpha value is -1.53. The molecule has 19 heavy (non-hydrogen) atoms. The summed E-state index contributed by atoms with van der Waals surface area (Å²) >= 11 is 9.74. The van der Waals surface area contributed by atoms with Crippen molar-refractivity contribution >= 4 is 35.6 Å². The smallest absolute Gasteiger partial charge is 0.170 e. The molecule has 0 fully saturated rings. The standard InChI is InChI=1S/C13H16N4S2/c1-9-14-7-11(16-9)12(18)8-15-13(19)17-10-5-3-2-4-6-10/h2-7,12,18H,8H2,1H3,(H,14,16)(H2,15,17,19). The van der Waals surface area contributed by atoms with Crippen molar-refractivity contribution in [1.29, 1.82) is 0 Å². The number of anilines is 1. The summed E-state index contributed by atoms with van der Waals surface area (Å²) in [6.07, 6.45) is 1.79. The molecule has 1 unspecified atom stereocenters. The van der Waals surface area contributed by atoms with Crippen LogP contribution < -0.4 is 10.6 Å². The van der Waals surface area contributed by atoms with Crippen LogP contribution in [0.4, 0.5) is 5.69 Å². The van der Waals surface area contributed by atoms with E-state index >= 15 is 0 Å². The number of para-hydroxylation sites is 1. The number of nitrogens with zero attached hydrogens (tertiary/aromatic N) is 1. The molecule has 1 aromatic heterocycles. The molecule has 0 aliphatic heterocycles. The van der Waals surface area contributed by atoms with Crippen LogP contribution in [0.25, 0.3) is 0 Å². The second kappa shape index (κ2) is 6.58. The van der Waals surface area contributed by atoms with Crippen molar-refractivity contribution < 1.29 is 0 Å². The molecule has 0 aliphatic rings. The lowest BCUT2D eigenvalue weighted by Crippen LogP contribution is -2.31. The highest BCUT2D eigenvalue weighted by Crippen LogP contribution is 2.16. The van der Waals surface area contributed by atoms with E-state index in [-0.39, 0.29) is 5.25 Å². The van der Waals surface area contributed by atoms with E-state index in [1.54, 1.807) is 6.20 Å². The maximum absolute atomic E-state index is 5.23. The van der Waals surface area contributed by atoms with Crippen LogP contribution in [0.15, 0.2) is 36.5 Å². The van der Waals surface area contributed by atoms with Gasteiger partial charge < -0.3 is 15.6 Å². The van der Waals surface area contributed by atoms with E-state index in [0.29, 0.717) is 11.7 Å². The largest absolute Gasteiger partial charge is 0.361 e. The number of H-pyrrole nitrogens is 1. The van der Waals surface area contributed by atoms with Crippen molar-refractivity contribution in [2.24, 2.45) is 0 Å². The Morgan fingerprint density at radius 1 is 1.42 bits per heavy atom. The van der Waals surface area contributed by atoms with Gasteiger partial charge in [-0.1, -0.05) is 18.2 Å². The van der Waals surface area contributed by atoms with Gasteiger partial charge in [0, 0.05) is 24.1 Å². The summed E-state index contributed by atoms with van der Waals surface area (Å²) in [5, 5.41) is 6.86. The van der Waals surface area contributed by atoms with Gasteiger partial charge in [0.1, 0.15) is 5.82 Å². The maximum Gasteiger partial charge on any atom is 0.170 e. The van der Waals surface area contributed by atoms with Crippen LogP contribution in [0.1, 0.15) is 16.8 Å². The Morgan fingerprint density at radius 3 is 2.79 bits per heavy atom. The Labute approximate surface area is 123 Å². The fourth-order valence-electron chi connectivity index (χ4n) is 1.61. The average Bonchev–Trinajstić information content (AvgIpc) is 2.84. The number of imidazole rings is 1. The highest BCUT2D eigenvalue weighted by Gasteiger charge is 2.09. The van der Waals surface area contributed by atoms with Gasteiger partial charge in [-0.25, -0.2) is 4.98 Å². The number of hydrogen-bond donors (Lipinski definition) is 4. The lowest BCUT2D eigenvalue weighted by Gasteiger charge is -2.13. The highest BCUT2D eigenvalue weighted by atomic mass is 32.1. The molecular weight excluding hydrogens is 276 g/mol. The molecule has 4 nitrogen and oxygen atoms in total. The highest BCUT2D eigenvalue weighted by molar-refractivity contribution is 7.80. The van der Waals surface area contributed by atoms with Crippen molar-refractivity contribution in [3.8, 4) is 0 Å². The third-order valence-electron chi connectivity index (χ3n) is 2.57. The molecule has 0 spiro atoms. The van der Waals surface area contributed by atoms with Crippen molar-refractivity contribution in [2.75, 3.05) is 11.9 Å². The van der Waals surface area contributed by atoms with Crippen LogP contribution in [0, 0.1) is 6.92 Å². The fraction of sp³-hybridized carbons (Fsp3) is 0.231. The van der Waals surface area contributed by atoms with E-state index < -0.39 is 0 Å². The topological polar surface area (TPSA) is 52.7 Å². The number of aromatic nitrogens is 2. The van der Waals surface area contributed by atoms with Crippen molar-refractivity contribution in [3.05, 3.63) is 48.0 Å². The minimum Gasteiger partial charge on any atom is -0.361 e. The van der Waals surface area contributed by atoms with Crippen molar-refractivity contribution in [2.45, 2.75) is 12.2 Å². The van der Waals surface area contributed by atoms with Gasteiger partial charge in [-0.05, 0) is 31.3 Å². The SMILES string of the molecule is Cc1ncc(C(S)CNC(=S)Nc2ccccc2)[nH]1. The second-order valence-corrected chi connectivity index (χ2v) is 5.17. The number of benzene rings is 1. The maximum atomic E-state index is 5.23. The number of rotatable bonds is 4. The van der Waals surface area contributed by atoms with Crippen LogP contribution >= 0.6 is 24.8 Å². The fourth-order valence-corrected chi connectivity index (χ4v) is 2.03. The molecule has 0 amide bonds. The summed E-state index contributed by atoms with van der Waals surface area (Å²) in [5.41, 5.74) is 1.95. The molecule has 6 heteroatoms. The van der Waals surface area contributed by atoms with Crippen LogP contribution in [0.5, 0.6) is 0 Å². The number of thiol groups is 1. The normalized spacial score (nSPS) is 11.9. The van der Waals surface area contributed by atoms with E-state index in [0.717, 1.165) is 17.2 Å². The predicted molar refractivity (Wildman–Crippen MR) is 85.7 cm³/mol. The Bertz CT molecular complexity index is 539. The van der Waals surface area contributed by atoms with E-state index in [2.05, 4.69) is 33.2 Å². The molecule has 1 aromatic carbocycles. The zero-order valence-electron chi connectivity index (χ0n) is 10.6. The predicted octanol–water partition coefficient (Wildman–Crippen LogP) is 2.68. The number of nitrogens with one attached hydrogen (secondary N) is 3. The van der Waals surface area contributed by atoms with Gasteiger partial charge in [-0.2, -0.15) is 12.6 Å². The first kappa shape index (κ1) is 13.9. The third kappa shape index (κ3) is 4.25. The van der Waals surface area contributed by atoms with Gasteiger partial charge in [0.05, 0.1) is 5.25 Å². The van der Waals surface area contributed by atoms with E-state index in [4.69, 9.17) is 12.2 Å². The first-order valence-corrected chi connectivity index (χ1v) is 6.87. The monoisotopic (exact) mass is 292 g/mol. The molecule has 1 atom stereocenters. The van der Waals surface area contributed by atoms with Crippen LogP contribution in [-0.4, -0.2) is 21.6 Å². The summed E-state index contributed by atoms with van der Waals surface area (Å²) in [5.74, 6) is 0.888. The van der Waals surface area contributed by atoms with E-state index in [9.17, 15) is 0 Å². The lowest BCUT2D eigenvalue weighted by atomic mass is 10.3. The summed E-state index contributed by atoms with van der Waals surface area (Å²) in [6, 6.07) is 9.81. The molecule has 0 bridgehead atoms. The van der Waals surface area contributed by atoms with E-state index in [1.807, 2.05) is 37.3 Å². The second-order valence-electron chi connectivity index (χ2n) is 4.14. The average molecular weight is 292 g/mol. The Kier molecular flexibility index (Phi) is 4.81. The van der Waals surface area contributed by atoms with Gasteiger partial charge in [0.2, 0.25) is 0 Å². The summed E-state index contributed by atoms with van der Waals surface area (Å²) in [6.45, 7) is 2.54.